The molecule has 188 valence electrons. The first kappa shape index (κ1) is 24.0. The van der Waals surface area contributed by atoms with Crippen LogP contribution in [0.2, 0.25) is 0 Å². The molecule has 1 saturated heterocycles. The molecule has 0 spiro atoms. The van der Waals surface area contributed by atoms with E-state index < -0.39 is 0 Å². The molecule has 1 amide bonds. The molecule has 0 bridgehead atoms. The zero-order valence-electron chi connectivity index (χ0n) is 21.5. The van der Waals surface area contributed by atoms with Crippen LogP contribution in [0.1, 0.15) is 18.2 Å². The van der Waals surface area contributed by atoms with Crippen LogP contribution >= 0.6 is 0 Å². The largest absolute Gasteiger partial charge is 0.359 e. The summed E-state index contributed by atoms with van der Waals surface area (Å²) in [4.78, 5) is 30.3. The third-order valence-corrected chi connectivity index (χ3v) is 6.93. The van der Waals surface area contributed by atoms with Crippen molar-refractivity contribution in [1.82, 2.24) is 34.5 Å². The fraction of sp³-hybridized carbons (Fsp3) is 0.385. The second-order valence-corrected chi connectivity index (χ2v) is 9.59. The molecule has 1 aromatic carbocycles. The lowest BCUT2D eigenvalue weighted by molar-refractivity contribution is -0.121. The van der Waals surface area contributed by atoms with Crippen LogP contribution in [0.15, 0.2) is 36.8 Å². The fourth-order valence-electron chi connectivity index (χ4n) is 4.68. The molecule has 10 nitrogen and oxygen atoms in total. The molecule has 1 aliphatic heterocycles. The number of aryl methyl sites for hydroxylation is 3. The maximum Gasteiger partial charge on any atom is 0.241 e. The molecule has 4 aromatic rings. The molecule has 1 aliphatic rings. The first-order valence-corrected chi connectivity index (χ1v) is 12.2. The number of carbonyl (C=O) groups is 1. The molecule has 0 radical (unpaired) electrons. The number of hydrogen-bond donors (Lipinski definition) is 3. The van der Waals surface area contributed by atoms with Crippen molar-refractivity contribution in [2.45, 2.75) is 26.8 Å². The van der Waals surface area contributed by atoms with Gasteiger partial charge >= 0.3 is 0 Å². The van der Waals surface area contributed by atoms with Crippen LogP contribution in [0.5, 0.6) is 0 Å². The standard InChI is InChI=1S/C26H33N9O/c1-16-13-28-26(30-22-15-34(5)32-17(22)2)31-23(16)20-14-27-24-19(20)7-6-8-21(24)29-25(36)18(3)35-11-9-33(4)10-12-35/h6-8,13-15,18,27H,9-12H2,1-5H3,(H,29,36)(H,28,30,31). The van der Waals surface area contributed by atoms with E-state index in [9.17, 15) is 4.79 Å². The number of anilines is 3. The van der Waals surface area contributed by atoms with Crippen LogP contribution in [0.25, 0.3) is 22.2 Å². The van der Waals surface area contributed by atoms with Crippen molar-refractivity contribution in [3.63, 3.8) is 0 Å². The predicted molar refractivity (Wildman–Crippen MR) is 142 cm³/mol. The van der Waals surface area contributed by atoms with E-state index in [1.54, 1.807) is 4.68 Å². The van der Waals surface area contributed by atoms with Gasteiger partial charge in [-0.25, -0.2) is 9.97 Å². The second-order valence-electron chi connectivity index (χ2n) is 9.59. The minimum atomic E-state index is -0.197. The van der Waals surface area contributed by atoms with E-state index in [1.807, 2.05) is 64.6 Å². The van der Waals surface area contributed by atoms with Crippen LogP contribution in [0.4, 0.5) is 17.3 Å². The topological polar surface area (TPSA) is 107 Å². The molecular weight excluding hydrogens is 454 g/mol. The highest BCUT2D eigenvalue weighted by Crippen LogP contribution is 2.33. The van der Waals surface area contributed by atoms with Crippen molar-refractivity contribution in [3.05, 3.63) is 48.0 Å². The van der Waals surface area contributed by atoms with E-state index in [2.05, 4.69) is 42.5 Å². The lowest BCUT2D eigenvalue weighted by Crippen LogP contribution is -2.51. The minimum absolute atomic E-state index is 0.000235. The van der Waals surface area contributed by atoms with Crippen LogP contribution in [0.3, 0.4) is 0 Å². The SMILES string of the molecule is Cc1cnc(Nc2cn(C)nc2C)nc1-c1c[nH]c2c(NC(=O)C(C)N3CCN(C)CC3)cccc12. The van der Waals surface area contributed by atoms with E-state index in [0.717, 1.165) is 71.0 Å². The summed E-state index contributed by atoms with van der Waals surface area (Å²) in [6.07, 6.45) is 5.67. The molecule has 3 N–H and O–H groups in total. The van der Waals surface area contributed by atoms with Crippen LogP contribution in [-0.4, -0.2) is 79.7 Å². The molecule has 0 aliphatic carbocycles. The van der Waals surface area contributed by atoms with Gasteiger partial charge in [0.15, 0.2) is 0 Å². The summed E-state index contributed by atoms with van der Waals surface area (Å²) in [5, 5.41) is 11.8. The third-order valence-electron chi connectivity index (χ3n) is 6.93. The van der Waals surface area contributed by atoms with Crippen LogP contribution in [0, 0.1) is 13.8 Å². The number of para-hydroxylation sites is 1. The Morgan fingerprint density at radius 1 is 1.11 bits per heavy atom. The predicted octanol–water partition coefficient (Wildman–Crippen LogP) is 3.29. The van der Waals surface area contributed by atoms with Crippen molar-refractivity contribution >= 4 is 34.1 Å². The van der Waals surface area contributed by atoms with Gasteiger partial charge in [0.05, 0.1) is 34.3 Å². The van der Waals surface area contributed by atoms with Crippen molar-refractivity contribution in [3.8, 4) is 11.3 Å². The summed E-state index contributed by atoms with van der Waals surface area (Å²) in [6, 6.07) is 5.74. The highest BCUT2D eigenvalue weighted by molar-refractivity contribution is 6.06. The maximum atomic E-state index is 13.1. The monoisotopic (exact) mass is 487 g/mol. The Kier molecular flexibility index (Phi) is 6.46. The average molecular weight is 488 g/mol. The van der Waals surface area contributed by atoms with Crippen LogP contribution in [-0.2, 0) is 11.8 Å². The van der Waals surface area contributed by atoms with Crippen LogP contribution < -0.4 is 10.6 Å². The molecule has 5 rings (SSSR count). The number of rotatable bonds is 6. The summed E-state index contributed by atoms with van der Waals surface area (Å²) >= 11 is 0. The highest BCUT2D eigenvalue weighted by atomic mass is 16.2. The first-order valence-electron chi connectivity index (χ1n) is 12.2. The zero-order chi connectivity index (χ0) is 25.4. The normalized spacial score (nSPS) is 15.8. The summed E-state index contributed by atoms with van der Waals surface area (Å²) in [5.41, 5.74) is 6.13. The number of carbonyl (C=O) groups excluding carboxylic acids is 1. The number of amides is 1. The Morgan fingerprint density at radius 2 is 1.89 bits per heavy atom. The number of likely N-dealkylation sites (N-methyl/N-ethyl adjacent to an activating group) is 1. The summed E-state index contributed by atoms with van der Waals surface area (Å²) < 4.78 is 1.76. The molecule has 3 aromatic heterocycles. The molecule has 1 unspecified atom stereocenters. The molecule has 0 saturated carbocycles. The number of hydrogen-bond acceptors (Lipinski definition) is 7. The van der Waals surface area contributed by atoms with Gasteiger partial charge in [-0.3, -0.25) is 14.4 Å². The number of nitrogens with zero attached hydrogens (tertiary/aromatic N) is 6. The number of piperazine rings is 1. The van der Waals surface area contributed by atoms with Gasteiger partial charge in [-0.1, -0.05) is 12.1 Å². The Labute approximate surface area is 210 Å². The lowest BCUT2D eigenvalue weighted by atomic mass is 10.1. The first-order chi connectivity index (χ1) is 17.3. The number of benzene rings is 1. The fourth-order valence-corrected chi connectivity index (χ4v) is 4.68. The number of H-pyrrole nitrogens is 1. The van der Waals surface area contributed by atoms with Gasteiger partial charge in [-0.15, -0.1) is 0 Å². The quantitative estimate of drug-likeness (QED) is 0.383. The van der Waals surface area contributed by atoms with Crippen molar-refractivity contribution in [1.29, 1.82) is 0 Å². The summed E-state index contributed by atoms with van der Waals surface area (Å²) in [7, 11) is 4.00. The van der Waals surface area contributed by atoms with E-state index in [4.69, 9.17) is 4.98 Å². The smallest absolute Gasteiger partial charge is 0.241 e. The highest BCUT2D eigenvalue weighted by Gasteiger charge is 2.25. The van der Waals surface area contributed by atoms with Crippen molar-refractivity contribution < 1.29 is 4.79 Å². The Bertz CT molecular complexity index is 1400. The summed E-state index contributed by atoms with van der Waals surface area (Å²) in [5.74, 6) is 0.506. The van der Waals surface area contributed by atoms with Gasteiger partial charge in [0.25, 0.3) is 0 Å². The van der Waals surface area contributed by atoms with Gasteiger partial charge in [-0.2, -0.15) is 5.10 Å². The van der Waals surface area contributed by atoms with Gasteiger partial charge in [-0.05, 0) is 39.4 Å². The molecule has 36 heavy (non-hydrogen) atoms. The average Bonchev–Trinajstić information content (AvgIpc) is 3.43. The molecule has 1 fully saturated rings. The van der Waals surface area contributed by atoms with E-state index in [-0.39, 0.29) is 11.9 Å². The van der Waals surface area contributed by atoms with E-state index in [1.165, 1.54) is 0 Å². The van der Waals surface area contributed by atoms with Crippen molar-refractivity contribution in [2.75, 3.05) is 43.9 Å². The Balaban J connectivity index is 1.40. The Morgan fingerprint density at radius 3 is 2.61 bits per heavy atom. The molecule has 10 heteroatoms. The minimum Gasteiger partial charge on any atom is -0.359 e. The molecule has 1 atom stereocenters. The van der Waals surface area contributed by atoms with Gasteiger partial charge in [0, 0.05) is 62.8 Å². The number of aromatic amines is 1. The zero-order valence-corrected chi connectivity index (χ0v) is 21.5. The Hall–Kier alpha value is -3.76. The third kappa shape index (κ3) is 4.69. The van der Waals surface area contributed by atoms with E-state index in [0.29, 0.717) is 5.95 Å². The van der Waals surface area contributed by atoms with Crippen molar-refractivity contribution in [2.24, 2.45) is 7.05 Å². The second kappa shape index (κ2) is 9.71. The van der Waals surface area contributed by atoms with E-state index >= 15 is 0 Å². The summed E-state index contributed by atoms with van der Waals surface area (Å²) in [6.45, 7) is 9.65. The van der Waals surface area contributed by atoms with Gasteiger partial charge in [0.1, 0.15) is 0 Å². The van der Waals surface area contributed by atoms with Gasteiger partial charge in [0.2, 0.25) is 11.9 Å². The lowest BCUT2D eigenvalue weighted by Gasteiger charge is -2.35. The maximum absolute atomic E-state index is 13.1. The molecule has 4 heterocycles. The number of fused-ring (bicyclic) bond motifs is 1. The number of aromatic nitrogens is 5. The number of nitrogens with one attached hydrogen (secondary N) is 3. The molecular formula is C26H33N9O. The van der Waals surface area contributed by atoms with Gasteiger partial charge < -0.3 is 20.5 Å².